The third-order valence-electron chi connectivity index (χ3n) is 2.92. The van der Waals surface area contributed by atoms with Gasteiger partial charge in [-0.2, -0.15) is 0 Å². The number of methoxy groups -OCH3 is 1. The number of pyridine rings is 1. The summed E-state index contributed by atoms with van der Waals surface area (Å²) in [7, 11) is 1.49. The zero-order valence-corrected chi connectivity index (χ0v) is 11.9. The molecule has 2 rings (SSSR count). The molecule has 1 unspecified atom stereocenters. The molecule has 0 bridgehead atoms. The lowest BCUT2D eigenvalue weighted by molar-refractivity contribution is 0.170. The summed E-state index contributed by atoms with van der Waals surface area (Å²) < 4.78 is 18.4. The Kier molecular flexibility index (Phi) is 5.26. The van der Waals surface area contributed by atoms with Crippen LogP contribution in [0, 0.1) is 5.82 Å². The maximum Gasteiger partial charge on any atom is 0.319 e. The van der Waals surface area contributed by atoms with Crippen molar-refractivity contribution in [3.05, 3.63) is 54.0 Å². The highest BCUT2D eigenvalue weighted by atomic mass is 19.1. The van der Waals surface area contributed by atoms with Gasteiger partial charge in [0.2, 0.25) is 5.88 Å². The molecule has 0 aliphatic rings. The van der Waals surface area contributed by atoms with Crippen molar-refractivity contribution in [2.75, 3.05) is 19.0 Å². The Hall–Kier alpha value is -2.67. The summed E-state index contributed by atoms with van der Waals surface area (Å²) in [5.74, 6) is -0.0857. The number of halogens is 1. The molecule has 22 heavy (non-hydrogen) atoms. The summed E-state index contributed by atoms with van der Waals surface area (Å²) in [5.41, 5.74) is 0.604. The molecule has 0 saturated carbocycles. The number of aliphatic hydroxyl groups excluding tert-OH is 1. The van der Waals surface area contributed by atoms with Gasteiger partial charge in [0.05, 0.1) is 25.1 Å². The molecule has 0 aliphatic heterocycles. The first-order valence-electron chi connectivity index (χ1n) is 6.57. The SMILES string of the molecule is COc1ccc(NC(=O)NCC(O)c2ccccc2F)cn1. The molecule has 116 valence electrons. The number of nitrogens with zero attached hydrogens (tertiary/aromatic N) is 1. The summed E-state index contributed by atoms with van der Waals surface area (Å²) in [5, 5.41) is 14.9. The van der Waals surface area contributed by atoms with Crippen LogP contribution in [-0.4, -0.2) is 29.8 Å². The highest BCUT2D eigenvalue weighted by Crippen LogP contribution is 2.15. The first-order valence-corrected chi connectivity index (χ1v) is 6.57. The van der Waals surface area contributed by atoms with E-state index < -0.39 is 18.0 Å². The van der Waals surface area contributed by atoms with Gasteiger partial charge in [0.1, 0.15) is 5.82 Å². The van der Waals surface area contributed by atoms with Gasteiger partial charge < -0.3 is 20.5 Å². The van der Waals surface area contributed by atoms with Crippen molar-refractivity contribution < 1.29 is 19.0 Å². The van der Waals surface area contributed by atoms with Crippen molar-refractivity contribution in [2.24, 2.45) is 0 Å². The largest absolute Gasteiger partial charge is 0.481 e. The van der Waals surface area contributed by atoms with Gasteiger partial charge in [0, 0.05) is 18.2 Å². The van der Waals surface area contributed by atoms with Crippen LogP contribution >= 0.6 is 0 Å². The minimum Gasteiger partial charge on any atom is -0.481 e. The van der Waals surface area contributed by atoms with Crippen LogP contribution in [0.15, 0.2) is 42.6 Å². The molecule has 1 heterocycles. The van der Waals surface area contributed by atoms with Crippen molar-refractivity contribution in [1.82, 2.24) is 10.3 Å². The molecule has 7 heteroatoms. The van der Waals surface area contributed by atoms with E-state index in [-0.39, 0.29) is 12.1 Å². The molecule has 2 amide bonds. The summed E-state index contributed by atoms with van der Waals surface area (Å²) >= 11 is 0. The molecule has 0 radical (unpaired) electrons. The number of aromatic nitrogens is 1. The van der Waals surface area contributed by atoms with Gasteiger partial charge in [0.15, 0.2) is 0 Å². The maximum atomic E-state index is 13.5. The average molecular weight is 305 g/mol. The van der Waals surface area contributed by atoms with Gasteiger partial charge >= 0.3 is 6.03 Å². The lowest BCUT2D eigenvalue weighted by atomic mass is 10.1. The fraction of sp³-hybridized carbons (Fsp3) is 0.200. The Morgan fingerprint density at radius 1 is 1.36 bits per heavy atom. The maximum absolute atomic E-state index is 13.5. The molecule has 0 aliphatic carbocycles. The van der Waals surface area contributed by atoms with E-state index in [1.165, 1.54) is 31.5 Å². The van der Waals surface area contributed by atoms with Crippen LogP contribution in [0.5, 0.6) is 5.88 Å². The predicted octanol–water partition coefficient (Wildman–Crippen LogP) is 2.08. The van der Waals surface area contributed by atoms with E-state index in [4.69, 9.17) is 4.74 Å². The Bertz CT molecular complexity index is 634. The highest BCUT2D eigenvalue weighted by molar-refractivity contribution is 5.89. The quantitative estimate of drug-likeness (QED) is 0.790. The number of aliphatic hydroxyl groups is 1. The van der Waals surface area contributed by atoms with Crippen LogP contribution in [-0.2, 0) is 0 Å². The second-order valence-corrected chi connectivity index (χ2v) is 4.46. The smallest absolute Gasteiger partial charge is 0.319 e. The van der Waals surface area contributed by atoms with Crippen LogP contribution < -0.4 is 15.4 Å². The molecule has 0 saturated heterocycles. The number of urea groups is 1. The summed E-state index contributed by atoms with van der Waals surface area (Å²) in [4.78, 5) is 15.6. The minimum atomic E-state index is -1.12. The number of benzene rings is 1. The third-order valence-corrected chi connectivity index (χ3v) is 2.92. The van der Waals surface area contributed by atoms with Crippen LogP contribution in [0.2, 0.25) is 0 Å². The van der Waals surface area contributed by atoms with Gasteiger partial charge in [-0.3, -0.25) is 0 Å². The van der Waals surface area contributed by atoms with E-state index >= 15 is 0 Å². The van der Waals surface area contributed by atoms with Crippen LogP contribution in [0.4, 0.5) is 14.9 Å². The van der Waals surface area contributed by atoms with Crippen LogP contribution in [0.1, 0.15) is 11.7 Å². The minimum absolute atomic E-state index is 0.115. The fourth-order valence-corrected chi connectivity index (χ4v) is 1.79. The molecule has 0 spiro atoms. The fourth-order valence-electron chi connectivity index (χ4n) is 1.79. The second kappa shape index (κ2) is 7.37. The zero-order chi connectivity index (χ0) is 15.9. The summed E-state index contributed by atoms with van der Waals surface area (Å²) in [6, 6.07) is 8.56. The molecule has 1 aromatic heterocycles. The van der Waals surface area contributed by atoms with Crippen LogP contribution in [0.3, 0.4) is 0 Å². The number of amides is 2. The molecule has 2 aromatic rings. The highest BCUT2D eigenvalue weighted by Gasteiger charge is 2.13. The van der Waals surface area contributed by atoms with Crippen molar-refractivity contribution in [1.29, 1.82) is 0 Å². The lowest BCUT2D eigenvalue weighted by Gasteiger charge is -2.13. The number of hydrogen-bond donors (Lipinski definition) is 3. The Morgan fingerprint density at radius 3 is 2.77 bits per heavy atom. The molecule has 3 N–H and O–H groups in total. The zero-order valence-electron chi connectivity index (χ0n) is 11.9. The molecule has 0 fully saturated rings. The van der Waals surface area contributed by atoms with Gasteiger partial charge in [-0.15, -0.1) is 0 Å². The molecule has 1 atom stereocenters. The first-order chi connectivity index (χ1) is 10.6. The monoisotopic (exact) mass is 305 g/mol. The standard InChI is InChI=1S/C15H16FN3O3/c1-22-14-7-6-10(8-17-14)19-15(21)18-9-13(20)11-4-2-3-5-12(11)16/h2-8,13,20H,9H2,1H3,(H2,18,19,21). The van der Waals surface area contributed by atoms with E-state index in [2.05, 4.69) is 15.6 Å². The van der Waals surface area contributed by atoms with Crippen LogP contribution in [0.25, 0.3) is 0 Å². The number of nitrogens with one attached hydrogen (secondary N) is 2. The number of rotatable bonds is 5. The predicted molar refractivity (Wildman–Crippen MR) is 79.2 cm³/mol. The van der Waals surface area contributed by atoms with Crippen molar-refractivity contribution in [3.8, 4) is 5.88 Å². The van der Waals surface area contributed by atoms with E-state index in [0.29, 0.717) is 11.6 Å². The van der Waals surface area contributed by atoms with E-state index in [0.717, 1.165) is 0 Å². The Labute approximate surface area is 127 Å². The topological polar surface area (TPSA) is 83.5 Å². The third kappa shape index (κ3) is 4.16. The number of anilines is 1. The van der Waals surface area contributed by atoms with E-state index in [1.54, 1.807) is 18.2 Å². The van der Waals surface area contributed by atoms with E-state index in [9.17, 15) is 14.3 Å². The number of ether oxygens (including phenoxy) is 1. The van der Waals surface area contributed by atoms with Gasteiger partial charge in [-0.05, 0) is 12.1 Å². The number of carbonyl (C=O) groups is 1. The molecular weight excluding hydrogens is 289 g/mol. The normalized spacial score (nSPS) is 11.6. The number of hydrogen-bond acceptors (Lipinski definition) is 4. The summed E-state index contributed by atoms with van der Waals surface area (Å²) in [6.07, 6.45) is 0.312. The average Bonchev–Trinajstić information content (AvgIpc) is 2.54. The van der Waals surface area contributed by atoms with Gasteiger partial charge in [-0.1, -0.05) is 18.2 Å². The van der Waals surface area contributed by atoms with Gasteiger partial charge in [-0.25, -0.2) is 14.2 Å². The van der Waals surface area contributed by atoms with E-state index in [1.807, 2.05) is 0 Å². The first kappa shape index (κ1) is 15.7. The number of carbonyl (C=O) groups excluding carboxylic acids is 1. The van der Waals surface area contributed by atoms with Gasteiger partial charge in [0.25, 0.3) is 0 Å². The Balaban J connectivity index is 1.85. The lowest BCUT2D eigenvalue weighted by Crippen LogP contribution is -2.32. The summed E-state index contributed by atoms with van der Waals surface area (Å²) in [6.45, 7) is -0.115. The van der Waals surface area contributed by atoms with Crippen molar-refractivity contribution >= 4 is 11.7 Å². The Morgan fingerprint density at radius 2 is 2.14 bits per heavy atom. The molecule has 1 aromatic carbocycles. The van der Waals surface area contributed by atoms with Crippen molar-refractivity contribution in [3.63, 3.8) is 0 Å². The molecule has 6 nitrogen and oxygen atoms in total. The second-order valence-electron chi connectivity index (χ2n) is 4.46. The van der Waals surface area contributed by atoms with Crippen molar-refractivity contribution in [2.45, 2.75) is 6.10 Å². The molecular formula is C15H16FN3O3.